The van der Waals surface area contributed by atoms with Crippen LogP contribution in [-0.4, -0.2) is 25.5 Å². The molecule has 1 unspecified atom stereocenters. The molecule has 0 spiro atoms. The molecule has 0 radical (unpaired) electrons. The molecule has 1 aliphatic rings. The van der Waals surface area contributed by atoms with Crippen molar-refractivity contribution in [3.63, 3.8) is 0 Å². The van der Waals surface area contributed by atoms with Gasteiger partial charge >= 0.3 is 0 Å². The number of nitriles is 1. The number of fused-ring (bicyclic) bond motifs is 1. The van der Waals surface area contributed by atoms with E-state index >= 15 is 0 Å². The highest BCUT2D eigenvalue weighted by atomic mass is 19.1. The lowest BCUT2D eigenvalue weighted by molar-refractivity contribution is 0.0792. The molecule has 0 saturated heterocycles. The molecular weight excluding hydrogens is 395 g/mol. The Morgan fingerprint density at radius 1 is 1.29 bits per heavy atom. The Labute approximate surface area is 179 Å². The average Bonchev–Trinajstić information content (AvgIpc) is 3.31. The number of rotatable bonds is 4. The van der Waals surface area contributed by atoms with Gasteiger partial charge in [0.1, 0.15) is 11.4 Å². The van der Waals surface area contributed by atoms with Crippen LogP contribution >= 0.6 is 0 Å². The smallest absolute Gasteiger partial charge is 0.235 e. The van der Waals surface area contributed by atoms with Crippen LogP contribution in [0.1, 0.15) is 54.3 Å². The number of benzene rings is 2. The first kappa shape index (κ1) is 20.5. The molecule has 31 heavy (non-hydrogen) atoms. The van der Waals surface area contributed by atoms with Crippen molar-refractivity contribution < 1.29 is 14.6 Å². The molecule has 2 heterocycles. The molecule has 1 aromatic heterocycles. The predicted molar refractivity (Wildman–Crippen MR) is 115 cm³/mol. The average molecular weight is 417 g/mol. The van der Waals surface area contributed by atoms with Crippen LogP contribution in [0.4, 0.5) is 4.39 Å². The van der Waals surface area contributed by atoms with Gasteiger partial charge in [0.25, 0.3) is 0 Å². The Bertz CT molecular complexity index is 1250. The van der Waals surface area contributed by atoms with E-state index in [1.54, 1.807) is 67.3 Å². The van der Waals surface area contributed by atoms with Crippen LogP contribution < -0.4 is 0 Å². The lowest BCUT2D eigenvalue weighted by Crippen LogP contribution is -2.24. The Balaban J connectivity index is 1.75. The maximum Gasteiger partial charge on any atom is 0.235 e. The van der Waals surface area contributed by atoms with Gasteiger partial charge in [0.05, 0.1) is 41.5 Å². The second kappa shape index (κ2) is 7.49. The predicted octanol–water partition coefficient (Wildman–Crippen LogP) is 3.62. The molecule has 2 aromatic carbocycles. The fourth-order valence-corrected chi connectivity index (χ4v) is 4.38. The van der Waals surface area contributed by atoms with Crippen LogP contribution in [0.3, 0.4) is 0 Å². The van der Waals surface area contributed by atoms with E-state index in [4.69, 9.17) is 15.8 Å². The van der Waals surface area contributed by atoms with Gasteiger partial charge < -0.3 is 20.2 Å². The zero-order valence-corrected chi connectivity index (χ0v) is 17.1. The molecule has 3 aromatic rings. The monoisotopic (exact) mass is 417 g/mol. The van der Waals surface area contributed by atoms with E-state index in [9.17, 15) is 9.50 Å². The first-order valence-corrected chi connectivity index (χ1v) is 9.79. The third kappa shape index (κ3) is 3.31. The van der Waals surface area contributed by atoms with Crippen molar-refractivity contribution in [2.24, 2.45) is 0 Å². The maximum atomic E-state index is 14.7. The minimum atomic E-state index is -1.38. The molecule has 1 aliphatic heterocycles. The summed E-state index contributed by atoms with van der Waals surface area (Å²) in [6, 6.07) is 12.9. The van der Waals surface area contributed by atoms with Crippen molar-refractivity contribution in [1.29, 1.82) is 10.7 Å². The summed E-state index contributed by atoms with van der Waals surface area (Å²) in [5, 5.41) is 36.5. The molecule has 4 rings (SSSR count). The zero-order valence-electron chi connectivity index (χ0n) is 17.1. The van der Waals surface area contributed by atoms with Crippen molar-refractivity contribution in [1.82, 2.24) is 9.55 Å². The lowest BCUT2D eigenvalue weighted by Gasteiger charge is -2.23. The van der Waals surface area contributed by atoms with E-state index in [-0.39, 0.29) is 12.0 Å². The third-order valence-electron chi connectivity index (χ3n) is 5.80. The van der Waals surface area contributed by atoms with E-state index in [0.717, 1.165) is 5.56 Å². The van der Waals surface area contributed by atoms with Crippen LogP contribution in [0.5, 0.6) is 0 Å². The topological polar surface area (TPSA) is 109 Å². The minimum Gasteiger partial charge on any atom is -0.596 e. The normalized spacial score (nSPS) is 20.7. The van der Waals surface area contributed by atoms with Crippen molar-refractivity contribution in [3.05, 3.63) is 94.5 Å². The molecule has 7 heteroatoms. The van der Waals surface area contributed by atoms with Gasteiger partial charge in [-0.05, 0) is 30.2 Å². The molecule has 0 amide bonds. The van der Waals surface area contributed by atoms with Crippen LogP contribution in [0.2, 0.25) is 0 Å². The Morgan fingerprint density at radius 2 is 2.00 bits per heavy atom. The lowest BCUT2D eigenvalue weighted by atomic mass is 9.85. The molecule has 2 atom stereocenters. The van der Waals surface area contributed by atoms with Gasteiger partial charge in [-0.25, -0.2) is 9.37 Å². The van der Waals surface area contributed by atoms with Crippen LogP contribution in [-0.2, 0) is 5.60 Å². The summed E-state index contributed by atoms with van der Waals surface area (Å²) in [6.45, 7) is 3.28. The summed E-state index contributed by atoms with van der Waals surface area (Å²) in [6.07, 6.45) is 3.37. The standard InChI is InChI=1S/C24H21FN4O2/c1-14(27)23(15(2)30)17-4-6-18(7-5-17)24(31)10-21(29-13-28-12-22(24)29)19-8-3-16(11-26)9-20(19)25/h3-9,12-13,21,27,30-31H,10H2,1-2H3/p+1/b23-15+,27-14?/t21-,24?/m1/s1. The molecule has 0 bridgehead atoms. The molecule has 6 nitrogen and oxygen atoms in total. The molecule has 0 aliphatic carbocycles. The van der Waals surface area contributed by atoms with Crippen LogP contribution in [0.25, 0.3) is 5.57 Å². The number of imidazole rings is 1. The summed E-state index contributed by atoms with van der Waals surface area (Å²) in [4.78, 5) is 4.16. The van der Waals surface area contributed by atoms with Gasteiger partial charge in [-0.3, -0.25) is 0 Å². The van der Waals surface area contributed by atoms with Gasteiger partial charge in [0, 0.05) is 24.6 Å². The van der Waals surface area contributed by atoms with Crippen molar-refractivity contribution in [2.45, 2.75) is 31.9 Å². The largest absolute Gasteiger partial charge is 0.596 e. The van der Waals surface area contributed by atoms with Gasteiger partial charge in [0.15, 0.2) is 0 Å². The van der Waals surface area contributed by atoms with Crippen molar-refractivity contribution in [2.75, 3.05) is 0 Å². The Kier molecular flexibility index (Phi) is 4.96. The quantitative estimate of drug-likeness (QED) is 0.384. The zero-order chi connectivity index (χ0) is 22.3. The fourth-order valence-electron chi connectivity index (χ4n) is 4.38. The van der Waals surface area contributed by atoms with E-state index < -0.39 is 17.5 Å². The number of hydrogen-bond acceptors (Lipinski definition) is 4. The number of nitrogens with one attached hydrogen (secondary N) is 1. The summed E-state index contributed by atoms with van der Waals surface area (Å²) >= 11 is 0. The molecule has 156 valence electrons. The first-order valence-electron chi connectivity index (χ1n) is 9.79. The fraction of sp³-hybridized carbons (Fsp3) is 0.208. The number of aromatic nitrogens is 2. The number of aliphatic hydroxyl groups is 1. The van der Waals surface area contributed by atoms with Gasteiger partial charge in [-0.2, -0.15) is 5.26 Å². The number of hydrogen-bond donors (Lipinski definition) is 2. The highest BCUT2D eigenvalue weighted by Gasteiger charge is 2.45. The molecular formula is C24H22FN4O2+. The Morgan fingerprint density at radius 3 is 2.58 bits per heavy atom. The first-order chi connectivity index (χ1) is 14.8. The third-order valence-corrected chi connectivity index (χ3v) is 5.80. The highest BCUT2D eigenvalue weighted by molar-refractivity contribution is 6.21. The van der Waals surface area contributed by atoms with Crippen LogP contribution in [0.15, 0.2) is 60.7 Å². The summed E-state index contributed by atoms with van der Waals surface area (Å²) < 4.78 is 16.5. The number of nitrogens with zero attached hydrogens (tertiary/aromatic N) is 3. The second-order valence-corrected chi connectivity index (χ2v) is 7.82. The van der Waals surface area contributed by atoms with E-state index in [0.29, 0.717) is 33.9 Å². The van der Waals surface area contributed by atoms with Gasteiger partial charge in [0.2, 0.25) is 5.76 Å². The number of allylic oxidation sites excluding steroid dienone is 2. The van der Waals surface area contributed by atoms with E-state index in [2.05, 4.69) is 4.98 Å². The minimum absolute atomic E-state index is 0.219. The second-order valence-electron chi connectivity index (χ2n) is 7.82. The van der Waals surface area contributed by atoms with Crippen LogP contribution in [0, 0.1) is 22.6 Å². The van der Waals surface area contributed by atoms with E-state index in [1.165, 1.54) is 6.07 Å². The van der Waals surface area contributed by atoms with Crippen molar-refractivity contribution >= 4 is 11.3 Å². The van der Waals surface area contributed by atoms with Gasteiger partial charge in [-0.1, -0.05) is 30.3 Å². The number of halogens is 1. The molecule has 0 fully saturated rings. The maximum absolute atomic E-state index is 14.7. The molecule has 0 saturated carbocycles. The SMILES string of the molecule is CC(=N)/C(=C(/C)[OH2+])c1ccc(C2(O)C[C@H](c3ccc(C#N)cc3F)n3cncc32)cc1. The van der Waals surface area contributed by atoms with E-state index in [1.807, 2.05) is 6.07 Å². The highest BCUT2D eigenvalue weighted by Crippen LogP contribution is 2.47. The summed E-state index contributed by atoms with van der Waals surface area (Å²) in [5.41, 5.74) is 2.02. The summed E-state index contributed by atoms with van der Waals surface area (Å²) in [7, 11) is 0. The van der Waals surface area contributed by atoms with Gasteiger partial charge in [-0.15, -0.1) is 0 Å². The summed E-state index contributed by atoms with van der Waals surface area (Å²) in [5.74, 6) is -0.195. The molecule has 4 N–H and O–H groups in total. The Hall–Kier alpha value is -3.76. The van der Waals surface area contributed by atoms with Crippen molar-refractivity contribution in [3.8, 4) is 6.07 Å².